The summed E-state index contributed by atoms with van der Waals surface area (Å²) in [5.74, 6) is 0.556. The standard InChI is InChI=1S/C11H16N2/c1-8(2)4-5-10-6-11(12)7-13-9(10)3/h4-8H,12H2,1-3H3/b5-4-. The molecule has 0 aliphatic carbocycles. The van der Waals surface area contributed by atoms with Crippen molar-refractivity contribution in [3.05, 3.63) is 29.6 Å². The van der Waals surface area contributed by atoms with Crippen molar-refractivity contribution in [1.82, 2.24) is 4.98 Å². The Kier molecular flexibility index (Phi) is 3.07. The predicted molar refractivity (Wildman–Crippen MR) is 57.3 cm³/mol. The van der Waals surface area contributed by atoms with E-state index in [1.807, 2.05) is 13.0 Å². The van der Waals surface area contributed by atoms with Crippen molar-refractivity contribution in [2.75, 3.05) is 5.73 Å². The number of aromatic nitrogens is 1. The summed E-state index contributed by atoms with van der Waals surface area (Å²) in [6, 6.07) is 1.95. The van der Waals surface area contributed by atoms with Gasteiger partial charge < -0.3 is 5.73 Å². The average Bonchev–Trinajstić information content (AvgIpc) is 2.06. The van der Waals surface area contributed by atoms with Crippen LogP contribution in [0.15, 0.2) is 18.3 Å². The molecule has 70 valence electrons. The lowest BCUT2D eigenvalue weighted by Crippen LogP contribution is -1.91. The third-order valence-electron chi connectivity index (χ3n) is 1.81. The molecule has 0 aliphatic heterocycles. The van der Waals surface area contributed by atoms with Crippen molar-refractivity contribution in [2.45, 2.75) is 20.8 Å². The molecule has 1 heterocycles. The molecule has 1 rings (SSSR count). The molecule has 0 bridgehead atoms. The highest BCUT2D eigenvalue weighted by Gasteiger charge is 1.96. The summed E-state index contributed by atoms with van der Waals surface area (Å²) < 4.78 is 0. The van der Waals surface area contributed by atoms with Gasteiger partial charge in [0.1, 0.15) is 0 Å². The number of aryl methyl sites for hydroxylation is 1. The van der Waals surface area contributed by atoms with E-state index >= 15 is 0 Å². The van der Waals surface area contributed by atoms with E-state index in [0.717, 1.165) is 11.3 Å². The van der Waals surface area contributed by atoms with Crippen LogP contribution in [0.5, 0.6) is 0 Å². The fourth-order valence-corrected chi connectivity index (χ4v) is 1.03. The topological polar surface area (TPSA) is 38.9 Å². The Labute approximate surface area is 79.5 Å². The molecule has 0 aliphatic rings. The Bertz CT molecular complexity index is 314. The summed E-state index contributed by atoms with van der Waals surface area (Å²) in [5.41, 5.74) is 8.48. The Morgan fingerprint density at radius 1 is 1.46 bits per heavy atom. The SMILES string of the molecule is Cc1ncc(N)cc1/C=C\C(C)C. The molecular weight excluding hydrogens is 160 g/mol. The predicted octanol–water partition coefficient (Wildman–Crippen LogP) is 2.64. The first-order chi connectivity index (χ1) is 6.09. The van der Waals surface area contributed by atoms with Gasteiger partial charge in [-0.1, -0.05) is 26.0 Å². The van der Waals surface area contributed by atoms with E-state index in [1.54, 1.807) is 6.20 Å². The highest BCUT2D eigenvalue weighted by atomic mass is 14.7. The molecule has 2 N–H and O–H groups in total. The van der Waals surface area contributed by atoms with Gasteiger partial charge in [0, 0.05) is 5.69 Å². The highest BCUT2D eigenvalue weighted by Crippen LogP contribution is 2.12. The van der Waals surface area contributed by atoms with E-state index in [-0.39, 0.29) is 0 Å². The van der Waals surface area contributed by atoms with Gasteiger partial charge in [-0.3, -0.25) is 4.98 Å². The molecule has 1 aromatic rings. The molecule has 2 heteroatoms. The minimum absolute atomic E-state index is 0.556. The van der Waals surface area contributed by atoms with E-state index < -0.39 is 0 Å². The lowest BCUT2D eigenvalue weighted by molar-refractivity contribution is 0.836. The van der Waals surface area contributed by atoms with E-state index in [9.17, 15) is 0 Å². The quantitative estimate of drug-likeness (QED) is 0.752. The van der Waals surface area contributed by atoms with Crippen LogP contribution >= 0.6 is 0 Å². The molecule has 0 spiro atoms. The first-order valence-corrected chi connectivity index (χ1v) is 4.50. The van der Waals surface area contributed by atoms with Crippen molar-refractivity contribution in [1.29, 1.82) is 0 Å². The van der Waals surface area contributed by atoms with Gasteiger partial charge in [0.2, 0.25) is 0 Å². The summed E-state index contributed by atoms with van der Waals surface area (Å²) >= 11 is 0. The summed E-state index contributed by atoms with van der Waals surface area (Å²) in [6.45, 7) is 6.27. The van der Waals surface area contributed by atoms with Gasteiger partial charge in [-0.15, -0.1) is 0 Å². The molecule has 0 unspecified atom stereocenters. The highest BCUT2D eigenvalue weighted by molar-refractivity contribution is 5.56. The number of nitrogens with two attached hydrogens (primary N) is 1. The zero-order chi connectivity index (χ0) is 9.84. The molecule has 1 aromatic heterocycles. The third kappa shape index (κ3) is 2.90. The summed E-state index contributed by atoms with van der Waals surface area (Å²) in [4.78, 5) is 4.18. The number of hydrogen-bond donors (Lipinski definition) is 1. The molecule has 0 fully saturated rings. The van der Waals surface area contributed by atoms with Crippen molar-refractivity contribution in [3.63, 3.8) is 0 Å². The maximum absolute atomic E-state index is 5.64. The van der Waals surface area contributed by atoms with Crippen molar-refractivity contribution >= 4 is 11.8 Å². The minimum Gasteiger partial charge on any atom is -0.397 e. The van der Waals surface area contributed by atoms with E-state index in [4.69, 9.17) is 5.73 Å². The second-order valence-corrected chi connectivity index (χ2v) is 3.55. The summed E-state index contributed by atoms with van der Waals surface area (Å²) in [6.07, 6.45) is 5.90. The number of allylic oxidation sites excluding steroid dienone is 1. The van der Waals surface area contributed by atoms with Gasteiger partial charge in [-0.2, -0.15) is 0 Å². The molecule has 0 atom stereocenters. The number of rotatable bonds is 2. The maximum Gasteiger partial charge on any atom is 0.0506 e. The van der Waals surface area contributed by atoms with Crippen LogP contribution in [-0.2, 0) is 0 Å². The molecule has 0 aromatic carbocycles. The van der Waals surface area contributed by atoms with Crippen LogP contribution in [0.4, 0.5) is 5.69 Å². The number of nitrogen functional groups attached to an aromatic ring is 1. The van der Waals surface area contributed by atoms with Crippen LogP contribution in [0, 0.1) is 12.8 Å². The van der Waals surface area contributed by atoms with Crippen LogP contribution in [0.2, 0.25) is 0 Å². The lowest BCUT2D eigenvalue weighted by Gasteiger charge is -2.01. The summed E-state index contributed by atoms with van der Waals surface area (Å²) in [7, 11) is 0. The van der Waals surface area contributed by atoms with E-state index in [1.165, 1.54) is 0 Å². The van der Waals surface area contributed by atoms with Gasteiger partial charge >= 0.3 is 0 Å². The zero-order valence-electron chi connectivity index (χ0n) is 8.41. The summed E-state index contributed by atoms with van der Waals surface area (Å²) in [5, 5.41) is 0. The minimum atomic E-state index is 0.556. The zero-order valence-corrected chi connectivity index (χ0v) is 8.41. The van der Waals surface area contributed by atoms with Gasteiger partial charge in [0.15, 0.2) is 0 Å². The third-order valence-corrected chi connectivity index (χ3v) is 1.81. The Balaban J connectivity index is 2.93. The smallest absolute Gasteiger partial charge is 0.0506 e. The number of nitrogens with zero attached hydrogens (tertiary/aromatic N) is 1. The molecule has 2 nitrogen and oxygen atoms in total. The van der Waals surface area contributed by atoms with E-state index in [2.05, 4.69) is 31.0 Å². The van der Waals surface area contributed by atoms with Crippen LogP contribution in [0.3, 0.4) is 0 Å². The second kappa shape index (κ2) is 4.08. The number of hydrogen-bond acceptors (Lipinski definition) is 2. The lowest BCUT2D eigenvalue weighted by atomic mass is 10.1. The first-order valence-electron chi connectivity index (χ1n) is 4.50. The maximum atomic E-state index is 5.64. The molecule has 0 saturated heterocycles. The Morgan fingerprint density at radius 2 is 2.15 bits per heavy atom. The van der Waals surface area contributed by atoms with Gasteiger partial charge in [0.05, 0.1) is 11.9 Å². The Hall–Kier alpha value is -1.31. The normalized spacial score (nSPS) is 11.4. The van der Waals surface area contributed by atoms with Crippen LogP contribution in [0.25, 0.3) is 6.08 Å². The van der Waals surface area contributed by atoms with Crippen molar-refractivity contribution < 1.29 is 0 Å². The molecule has 0 amide bonds. The fraction of sp³-hybridized carbons (Fsp3) is 0.364. The fourth-order valence-electron chi connectivity index (χ4n) is 1.03. The van der Waals surface area contributed by atoms with Gasteiger partial charge in [0.25, 0.3) is 0 Å². The molecular formula is C11H16N2. The van der Waals surface area contributed by atoms with Crippen LogP contribution in [0.1, 0.15) is 25.1 Å². The monoisotopic (exact) mass is 176 g/mol. The van der Waals surface area contributed by atoms with Crippen LogP contribution in [-0.4, -0.2) is 4.98 Å². The number of pyridine rings is 1. The second-order valence-electron chi connectivity index (χ2n) is 3.55. The van der Waals surface area contributed by atoms with Crippen molar-refractivity contribution in [2.24, 2.45) is 5.92 Å². The Morgan fingerprint density at radius 3 is 2.77 bits per heavy atom. The van der Waals surface area contributed by atoms with Crippen LogP contribution < -0.4 is 5.73 Å². The number of anilines is 1. The van der Waals surface area contributed by atoms with Crippen molar-refractivity contribution in [3.8, 4) is 0 Å². The average molecular weight is 176 g/mol. The molecule has 0 radical (unpaired) electrons. The molecule has 13 heavy (non-hydrogen) atoms. The van der Waals surface area contributed by atoms with E-state index in [0.29, 0.717) is 11.6 Å². The molecule has 0 saturated carbocycles. The first kappa shape index (κ1) is 9.78. The largest absolute Gasteiger partial charge is 0.397 e. The van der Waals surface area contributed by atoms with Gasteiger partial charge in [-0.05, 0) is 24.5 Å². The van der Waals surface area contributed by atoms with Gasteiger partial charge in [-0.25, -0.2) is 0 Å².